The number of hydrogen-bond acceptors (Lipinski definition) is 3. The fraction of sp³-hybridized carbons (Fsp3) is 0.600. The minimum Gasteiger partial charge on any atom is -0.491 e. The fourth-order valence-electron chi connectivity index (χ4n) is 4.32. The molecule has 0 spiro atoms. The van der Waals surface area contributed by atoms with E-state index in [1.165, 1.54) is 51.0 Å². The van der Waals surface area contributed by atoms with E-state index in [1.54, 1.807) is 6.07 Å². The Labute approximate surface area is 175 Å². The lowest BCUT2D eigenvalue weighted by Crippen LogP contribution is -2.15. The molecule has 3 rings (SSSR count). The van der Waals surface area contributed by atoms with E-state index in [0.29, 0.717) is 18.1 Å². The molecule has 0 saturated heterocycles. The molecule has 1 saturated carbocycles. The molecule has 0 amide bonds. The van der Waals surface area contributed by atoms with Crippen LogP contribution in [0.4, 0.5) is 4.39 Å². The zero-order valence-electron chi connectivity index (χ0n) is 18.0. The maximum atomic E-state index is 14.3. The quantitative estimate of drug-likeness (QED) is 0.404. The van der Waals surface area contributed by atoms with Crippen LogP contribution in [0, 0.1) is 17.7 Å². The first-order valence-corrected chi connectivity index (χ1v) is 11.4. The summed E-state index contributed by atoms with van der Waals surface area (Å²) < 4.78 is 19.8. The van der Waals surface area contributed by atoms with Crippen LogP contribution in [0.25, 0.3) is 11.3 Å². The van der Waals surface area contributed by atoms with E-state index >= 15 is 0 Å². The highest BCUT2D eigenvalue weighted by Crippen LogP contribution is 2.33. The highest BCUT2D eigenvalue weighted by Gasteiger charge is 2.20. The van der Waals surface area contributed by atoms with Crippen LogP contribution in [0.15, 0.2) is 30.3 Å². The van der Waals surface area contributed by atoms with Crippen molar-refractivity contribution in [1.29, 1.82) is 0 Å². The summed E-state index contributed by atoms with van der Waals surface area (Å²) in [5, 5.41) is 8.73. The number of rotatable bonds is 10. The summed E-state index contributed by atoms with van der Waals surface area (Å²) in [5.74, 6) is 1.75. The number of aryl methyl sites for hydroxylation is 1. The highest BCUT2D eigenvalue weighted by molar-refractivity contribution is 5.59. The molecule has 1 aromatic heterocycles. The number of nitrogens with zero attached hydrogens (tertiary/aromatic N) is 2. The van der Waals surface area contributed by atoms with Gasteiger partial charge in [-0.15, -0.1) is 0 Å². The van der Waals surface area contributed by atoms with Gasteiger partial charge in [-0.3, -0.25) is 0 Å². The van der Waals surface area contributed by atoms with E-state index < -0.39 is 0 Å². The van der Waals surface area contributed by atoms with Crippen molar-refractivity contribution in [3.05, 3.63) is 41.8 Å². The normalized spacial score (nSPS) is 19.3. The van der Waals surface area contributed by atoms with Crippen molar-refractivity contribution in [3.63, 3.8) is 0 Å². The number of hydrogen-bond donors (Lipinski definition) is 0. The topological polar surface area (TPSA) is 35.0 Å². The van der Waals surface area contributed by atoms with Crippen molar-refractivity contribution in [2.24, 2.45) is 11.8 Å². The average Bonchev–Trinajstić information content (AvgIpc) is 2.75. The first-order valence-electron chi connectivity index (χ1n) is 11.4. The Bertz CT molecular complexity index is 739. The average molecular weight is 399 g/mol. The van der Waals surface area contributed by atoms with Gasteiger partial charge in [0.15, 0.2) is 11.6 Å². The molecule has 0 bridgehead atoms. The second-order valence-corrected chi connectivity index (χ2v) is 8.47. The first-order chi connectivity index (χ1) is 14.2. The zero-order chi connectivity index (χ0) is 20.5. The third-order valence-electron chi connectivity index (χ3n) is 6.17. The third kappa shape index (κ3) is 6.52. The summed E-state index contributed by atoms with van der Waals surface area (Å²) in [5.41, 5.74) is 2.47. The number of benzene rings is 1. The molecule has 2 aromatic rings. The largest absolute Gasteiger partial charge is 0.491 e. The van der Waals surface area contributed by atoms with Crippen LogP contribution in [-0.2, 0) is 6.42 Å². The molecule has 1 fully saturated rings. The van der Waals surface area contributed by atoms with Crippen LogP contribution in [0.3, 0.4) is 0 Å². The van der Waals surface area contributed by atoms with E-state index in [9.17, 15) is 4.39 Å². The number of unbranched alkanes of at least 4 members (excludes halogenated alkanes) is 1. The van der Waals surface area contributed by atoms with E-state index in [2.05, 4.69) is 24.0 Å². The van der Waals surface area contributed by atoms with Gasteiger partial charge in [-0.2, -0.15) is 10.2 Å². The summed E-state index contributed by atoms with van der Waals surface area (Å²) in [4.78, 5) is 0. The lowest BCUT2D eigenvalue weighted by atomic mass is 9.78. The Kier molecular flexibility index (Phi) is 8.45. The van der Waals surface area contributed by atoms with Crippen LogP contribution < -0.4 is 4.74 Å². The van der Waals surface area contributed by atoms with Gasteiger partial charge in [0.05, 0.1) is 18.0 Å². The van der Waals surface area contributed by atoms with E-state index in [-0.39, 0.29) is 5.82 Å². The Morgan fingerprint density at radius 3 is 2.31 bits per heavy atom. The van der Waals surface area contributed by atoms with Crippen LogP contribution in [0.5, 0.6) is 5.75 Å². The Morgan fingerprint density at radius 2 is 1.69 bits per heavy atom. The number of ether oxygens (including phenoxy) is 1. The second-order valence-electron chi connectivity index (χ2n) is 8.47. The highest BCUT2D eigenvalue weighted by atomic mass is 19.1. The second kappa shape index (κ2) is 11.3. The van der Waals surface area contributed by atoms with Gasteiger partial charge in [-0.1, -0.05) is 58.8 Å². The van der Waals surface area contributed by atoms with Gasteiger partial charge in [-0.05, 0) is 61.4 Å². The summed E-state index contributed by atoms with van der Waals surface area (Å²) in [6, 6.07) is 9.01. The molecule has 0 unspecified atom stereocenters. The van der Waals surface area contributed by atoms with Crippen LogP contribution in [0.2, 0.25) is 0 Å². The molecule has 1 aliphatic rings. The monoisotopic (exact) mass is 398 g/mol. The molecule has 0 radical (unpaired) electrons. The Hall–Kier alpha value is -1.97. The molecule has 0 N–H and O–H groups in total. The maximum Gasteiger partial charge on any atom is 0.165 e. The van der Waals surface area contributed by atoms with E-state index in [1.807, 2.05) is 18.2 Å². The summed E-state index contributed by atoms with van der Waals surface area (Å²) in [6.45, 7) is 4.92. The molecular formula is C25H35FN2O. The summed E-state index contributed by atoms with van der Waals surface area (Å²) >= 11 is 0. The van der Waals surface area contributed by atoms with Crippen molar-refractivity contribution in [2.45, 2.75) is 78.1 Å². The van der Waals surface area contributed by atoms with Crippen LogP contribution in [-0.4, -0.2) is 16.8 Å². The SMILES string of the molecule is CCCCOc1ccc(-c2ccc(CCC3CCC(CCC)CC3)nn2)cc1F. The first kappa shape index (κ1) is 21.7. The van der Waals surface area contributed by atoms with Gasteiger partial charge in [0.2, 0.25) is 0 Å². The molecule has 1 heterocycles. The van der Waals surface area contributed by atoms with Crippen molar-refractivity contribution in [2.75, 3.05) is 6.61 Å². The van der Waals surface area contributed by atoms with Crippen molar-refractivity contribution in [1.82, 2.24) is 10.2 Å². The van der Waals surface area contributed by atoms with Crippen LogP contribution >= 0.6 is 0 Å². The Balaban J connectivity index is 1.50. The number of halogens is 1. The van der Waals surface area contributed by atoms with Crippen molar-refractivity contribution in [3.8, 4) is 17.0 Å². The predicted molar refractivity (Wildman–Crippen MR) is 117 cm³/mol. The van der Waals surface area contributed by atoms with E-state index in [0.717, 1.165) is 42.4 Å². The molecule has 0 aliphatic heterocycles. The number of aromatic nitrogens is 2. The van der Waals surface area contributed by atoms with Crippen molar-refractivity contribution < 1.29 is 9.13 Å². The van der Waals surface area contributed by atoms with Gasteiger partial charge in [0.25, 0.3) is 0 Å². The summed E-state index contributed by atoms with van der Waals surface area (Å²) in [6.07, 6.45) is 12.4. The summed E-state index contributed by atoms with van der Waals surface area (Å²) in [7, 11) is 0. The zero-order valence-corrected chi connectivity index (χ0v) is 18.0. The fourth-order valence-corrected chi connectivity index (χ4v) is 4.32. The predicted octanol–water partition coefficient (Wildman–Crippen LogP) is 7.00. The molecule has 1 aliphatic carbocycles. The van der Waals surface area contributed by atoms with E-state index in [4.69, 9.17) is 4.74 Å². The molecule has 158 valence electrons. The molecule has 1 aromatic carbocycles. The smallest absolute Gasteiger partial charge is 0.165 e. The lowest BCUT2D eigenvalue weighted by Gasteiger charge is -2.28. The molecule has 4 heteroatoms. The van der Waals surface area contributed by atoms with Crippen LogP contribution in [0.1, 0.15) is 77.3 Å². The van der Waals surface area contributed by atoms with Gasteiger partial charge >= 0.3 is 0 Å². The van der Waals surface area contributed by atoms with Gasteiger partial charge in [0, 0.05) is 5.56 Å². The van der Waals surface area contributed by atoms with Gasteiger partial charge in [0.1, 0.15) is 0 Å². The van der Waals surface area contributed by atoms with Gasteiger partial charge in [-0.25, -0.2) is 4.39 Å². The minimum absolute atomic E-state index is 0.306. The van der Waals surface area contributed by atoms with Crippen molar-refractivity contribution >= 4 is 0 Å². The minimum atomic E-state index is -0.344. The Morgan fingerprint density at radius 1 is 0.931 bits per heavy atom. The standard InChI is InChI=1S/C25H35FN2O/c1-3-5-17-29-25-16-12-21(18-23(25)26)24-15-14-22(27-28-24)13-11-20-9-7-19(6-4-2)8-10-20/h12,14-16,18-20H,3-11,13,17H2,1-2H3. The third-order valence-corrected chi connectivity index (χ3v) is 6.17. The molecule has 0 atom stereocenters. The molecular weight excluding hydrogens is 363 g/mol. The molecule has 29 heavy (non-hydrogen) atoms. The maximum absolute atomic E-state index is 14.3. The molecule has 3 nitrogen and oxygen atoms in total. The van der Waals surface area contributed by atoms with Gasteiger partial charge < -0.3 is 4.74 Å². The lowest BCUT2D eigenvalue weighted by molar-refractivity contribution is 0.252.